The Morgan fingerprint density at radius 1 is 1.11 bits per heavy atom. The summed E-state index contributed by atoms with van der Waals surface area (Å²) >= 11 is 0. The van der Waals surface area contributed by atoms with Crippen LogP contribution in [-0.4, -0.2) is 56.0 Å². The maximum atomic E-state index is 13.1. The number of nitrogens with zero attached hydrogens (tertiary/aromatic N) is 3. The van der Waals surface area contributed by atoms with Gasteiger partial charge in [0.1, 0.15) is 28.5 Å². The van der Waals surface area contributed by atoms with Gasteiger partial charge in [-0.3, -0.25) is 0 Å². The summed E-state index contributed by atoms with van der Waals surface area (Å²) < 4.78 is 38.1. The number of ether oxygens (including phenoxy) is 2. The largest absolute Gasteiger partial charge is 0.497 e. The summed E-state index contributed by atoms with van der Waals surface area (Å²) in [6, 6.07) is 6.83. The molecule has 0 aliphatic carbocycles. The zero-order valence-corrected chi connectivity index (χ0v) is 16.5. The van der Waals surface area contributed by atoms with Crippen molar-refractivity contribution < 1.29 is 17.9 Å². The summed E-state index contributed by atoms with van der Waals surface area (Å²) in [7, 11) is -0.702. The van der Waals surface area contributed by atoms with Gasteiger partial charge in [-0.2, -0.15) is 4.31 Å². The fourth-order valence-electron chi connectivity index (χ4n) is 3.11. The van der Waals surface area contributed by atoms with Gasteiger partial charge in [-0.1, -0.05) is 0 Å². The molecular formula is C18H24N4O4S. The van der Waals surface area contributed by atoms with Crippen molar-refractivity contribution in [1.29, 1.82) is 0 Å². The maximum Gasteiger partial charge on any atom is 0.246 e. The Morgan fingerprint density at radius 3 is 2.48 bits per heavy atom. The molecule has 2 heterocycles. The Kier molecular flexibility index (Phi) is 5.81. The second-order valence-corrected chi connectivity index (χ2v) is 8.29. The lowest BCUT2D eigenvalue weighted by Crippen LogP contribution is -2.42. The van der Waals surface area contributed by atoms with Crippen molar-refractivity contribution in [2.75, 3.05) is 32.6 Å². The Balaban J connectivity index is 1.71. The molecule has 1 aromatic heterocycles. The van der Waals surface area contributed by atoms with Crippen LogP contribution < -0.4 is 14.8 Å². The van der Waals surface area contributed by atoms with Gasteiger partial charge < -0.3 is 14.8 Å². The van der Waals surface area contributed by atoms with E-state index in [1.165, 1.54) is 30.9 Å². The van der Waals surface area contributed by atoms with E-state index in [4.69, 9.17) is 9.47 Å². The van der Waals surface area contributed by atoms with Gasteiger partial charge in [-0.15, -0.1) is 0 Å². The number of aryl methyl sites for hydroxylation is 1. The number of hydrogen-bond donors (Lipinski definition) is 1. The summed E-state index contributed by atoms with van der Waals surface area (Å²) in [5, 5.41) is 3.36. The fraction of sp³-hybridized carbons (Fsp3) is 0.444. The highest BCUT2D eigenvalue weighted by Crippen LogP contribution is 2.32. The van der Waals surface area contributed by atoms with Gasteiger partial charge in [-0.05, 0) is 31.9 Å². The molecule has 1 N–H and O–H groups in total. The van der Waals surface area contributed by atoms with Gasteiger partial charge >= 0.3 is 0 Å². The highest BCUT2D eigenvalue weighted by molar-refractivity contribution is 7.89. The van der Waals surface area contributed by atoms with E-state index in [-0.39, 0.29) is 10.9 Å². The predicted octanol–water partition coefficient (Wildman–Crippen LogP) is 2.07. The molecule has 1 aromatic carbocycles. The lowest BCUT2D eigenvalue weighted by atomic mass is 10.1. The van der Waals surface area contributed by atoms with E-state index in [0.717, 1.165) is 11.5 Å². The van der Waals surface area contributed by atoms with Crippen LogP contribution >= 0.6 is 0 Å². The number of methoxy groups -OCH3 is 2. The zero-order chi connectivity index (χ0) is 19.4. The lowest BCUT2D eigenvalue weighted by molar-refractivity contribution is 0.326. The molecule has 0 amide bonds. The number of benzene rings is 1. The number of nitrogens with one attached hydrogen (secondary N) is 1. The molecule has 0 unspecified atom stereocenters. The van der Waals surface area contributed by atoms with E-state index in [1.807, 2.05) is 13.0 Å². The van der Waals surface area contributed by atoms with Crippen molar-refractivity contribution in [3.8, 4) is 11.5 Å². The summed E-state index contributed by atoms with van der Waals surface area (Å²) in [6.45, 7) is 2.75. The van der Waals surface area contributed by atoms with Crippen molar-refractivity contribution in [1.82, 2.24) is 14.3 Å². The van der Waals surface area contributed by atoms with Crippen molar-refractivity contribution in [2.24, 2.45) is 0 Å². The number of hydrogen-bond acceptors (Lipinski definition) is 7. The molecule has 2 aromatic rings. The summed E-state index contributed by atoms with van der Waals surface area (Å²) in [4.78, 5) is 8.41. The number of anilines is 1. The first-order valence-electron chi connectivity index (χ1n) is 8.71. The van der Waals surface area contributed by atoms with Crippen molar-refractivity contribution in [3.63, 3.8) is 0 Å². The molecule has 146 valence electrons. The molecule has 0 radical (unpaired) electrons. The van der Waals surface area contributed by atoms with E-state index < -0.39 is 10.0 Å². The van der Waals surface area contributed by atoms with Crippen LogP contribution in [0.25, 0.3) is 0 Å². The summed E-state index contributed by atoms with van der Waals surface area (Å²) in [5.41, 5.74) is 0.887. The van der Waals surface area contributed by atoms with Crippen molar-refractivity contribution in [3.05, 3.63) is 36.3 Å². The first kappa shape index (κ1) is 19.4. The summed E-state index contributed by atoms with van der Waals surface area (Å²) in [6.07, 6.45) is 2.90. The van der Waals surface area contributed by atoms with E-state index in [1.54, 1.807) is 12.1 Å². The topological polar surface area (TPSA) is 93.7 Å². The Labute approximate surface area is 159 Å². The molecule has 1 fully saturated rings. The standard InChI is InChI=1S/C18H24N4O4S/c1-13-10-18(20-12-19-13)21-14-6-8-22(9-7-14)27(23,24)17-11-15(25-2)4-5-16(17)26-3/h4-5,10-12,14H,6-9H2,1-3H3,(H,19,20,21). The minimum absolute atomic E-state index is 0.127. The average Bonchev–Trinajstić information content (AvgIpc) is 2.68. The molecule has 9 heteroatoms. The normalized spacial score (nSPS) is 16.1. The van der Waals surface area contributed by atoms with Crippen molar-refractivity contribution >= 4 is 15.8 Å². The molecule has 0 atom stereocenters. The minimum Gasteiger partial charge on any atom is -0.497 e. The third kappa shape index (κ3) is 4.30. The van der Waals surface area contributed by atoms with Crippen LogP contribution in [0, 0.1) is 6.92 Å². The minimum atomic E-state index is -3.67. The molecule has 0 saturated carbocycles. The fourth-order valence-corrected chi connectivity index (χ4v) is 4.75. The monoisotopic (exact) mass is 392 g/mol. The molecule has 1 saturated heterocycles. The van der Waals surface area contributed by atoms with Crippen LogP contribution in [0.3, 0.4) is 0 Å². The SMILES string of the molecule is COc1ccc(OC)c(S(=O)(=O)N2CCC(Nc3cc(C)ncn3)CC2)c1. The van der Waals surface area contributed by atoms with Crippen molar-refractivity contribution in [2.45, 2.75) is 30.7 Å². The van der Waals surface area contributed by atoms with Crippen LogP contribution in [0.2, 0.25) is 0 Å². The van der Waals surface area contributed by atoms with Gasteiger partial charge in [0.2, 0.25) is 10.0 Å². The molecule has 0 bridgehead atoms. The molecule has 8 nitrogen and oxygen atoms in total. The highest BCUT2D eigenvalue weighted by atomic mass is 32.2. The molecule has 1 aliphatic rings. The average molecular weight is 392 g/mol. The number of rotatable bonds is 6. The van der Waals surface area contributed by atoms with Gasteiger partial charge in [0.05, 0.1) is 14.2 Å². The van der Waals surface area contributed by atoms with Gasteiger partial charge in [-0.25, -0.2) is 18.4 Å². The van der Waals surface area contributed by atoms with Crippen LogP contribution in [0.4, 0.5) is 5.82 Å². The highest BCUT2D eigenvalue weighted by Gasteiger charge is 2.32. The Hall–Kier alpha value is -2.39. The quantitative estimate of drug-likeness (QED) is 0.804. The van der Waals surface area contributed by atoms with Crippen LogP contribution in [-0.2, 0) is 10.0 Å². The van der Waals surface area contributed by atoms with Gasteiger partial charge in [0, 0.05) is 37.0 Å². The van der Waals surface area contributed by atoms with Crippen LogP contribution in [0.1, 0.15) is 18.5 Å². The number of aromatic nitrogens is 2. The second-order valence-electron chi connectivity index (χ2n) is 6.38. The van der Waals surface area contributed by atoms with Gasteiger partial charge in [0.25, 0.3) is 0 Å². The Bertz CT molecular complexity index is 896. The molecule has 27 heavy (non-hydrogen) atoms. The zero-order valence-electron chi connectivity index (χ0n) is 15.7. The smallest absolute Gasteiger partial charge is 0.246 e. The van der Waals surface area contributed by atoms with E-state index in [9.17, 15) is 8.42 Å². The molecule has 0 spiro atoms. The molecular weight excluding hydrogens is 368 g/mol. The third-order valence-corrected chi connectivity index (χ3v) is 6.52. The lowest BCUT2D eigenvalue weighted by Gasteiger charge is -2.32. The first-order valence-corrected chi connectivity index (χ1v) is 10.2. The van der Waals surface area contributed by atoms with E-state index >= 15 is 0 Å². The number of piperidine rings is 1. The van der Waals surface area contributed by atoms with E-state index in [2.05, 4.69) is 15.3 Å². The maximum absolute atomic E-state index is 13.1. The van der Waals surface area contributed by atoms with Crippen LogP contribution in [0.5, 0.6) is 11.5 Å². The summed E-state index contributed by atoms with van der Waals surface area (Å²) in [5.74, 6) is 1.55. The first-order chi connectivity index (χ1) is 12.9. The molecule has 3 rings (SSSR count). The predicted molar refractivity (Wildman–Crippen MR) is 102 cm³/mol. The van der Waals surface area contributed by atoms with Gasteiger partial charge in [0.15, 0.2) is 0 Å². The number of sulfonamides is 1. The third-order valence-electron chi connectivity index (χ3n) is 4.60. The molecule has 1 aliphatic heterocycles. The van der Waals surface area contributed by atoms with E-state index in [0.29, 0.717) is 37.4 Å². The second kappa shape index (κ2) is 8.10. The Morgan fingerprint density at radius 2 is 1.85 bits per heavy atom. The van der Waals surface area contributed by atoms with Crippen LogP contribution in [0.15, 0.2) is 35.5 Å².